The molecule has 1 spiro atoms. The molecule has 3 fully saturated rings. The molecule has 194 valence electrons. The minimum atomic E-state index is -1.39. The summed E-state index contributed by atoms with van der Waals surface area (Å²) in [5, 5.41) is 0. The van der Waals surface area contributed by atoms with Crippen LogP contribution >= 0.6 is 11.6 Å². The summed E-state index contributed by atoms with van der Waals surface area (Å²) >= 11 is 6.79. The predicted molar refractivity (Wildman–Crippen MR) is 144 cm³/mol. The second-order valence-electron chi connectivity index (χ2n) is 11.1. The first-order valence-corrected chi connectivity index (χ1v) is 14.5. The first-order chi connectivity index (χ1) is 17.6. The number of benzene rings is 2. The molecule has 0 aromatic heterocycles. The molecule has 3 aliphatic rings. The van der Waals surface area contributed by atoms with Gasteiger partial charge in [0.1, 0.15) is 11.7 Å². The van der Waals surface area contributed by atoms with Gasteiger partial charge in [-0.05, 0) is 24.0 Å². The molecule has 3 saturated heterocycles. The monoisotopic (exact) mass is 510 g/mol. The fraction of sp³-hybridized carbons (Fsp3) is 0.581. The molecule has 3 aliphatic heterocycles. The van der Waals surface area contributed by atoms with Crippen LogP contribution < -0.4 is 0 Å². The van der Waals surface area contributed by atoms with Crippen LogP contribution in [0.15, 0.2) is 60.7 Å². The summed E-state index contributed by atoms with van der Waals surface area (Å²) in [6.45, 7) is 4.79. The lowest BCUT2D eigenvalue weighted by atomic mass is 9.85. The number of hydrogen-bond acceptors (Lipinski definition) is 3. The molecule has 0 amide bonds. The van der Waals surface area contributed by atoms with Crippen molar-refractivity contribution in [3.63, 3.8) is 0 Å². The van der Waals surface area contributed by atoms with E-state index in [-0.39, 0.29) is 12.1 Å². The maximum atomic E-state index is 14.3. The molecule has 2 aromatic rings. The minimum Gasteiger partial charge on any atom is -0.459 e. The number of hydrogen-bond donors (Lipinski definition) is 0. The van der Waals surface area contributed by atoms with E-state index in [1.807, 2.05) is 60.7 Å². The molecule has 2 bridgehead atoms. The van der Waals surface area contributed by atoms with E-state index in [2.05, 4.69) is 6.92 Å². The van der Waals surface area contributed by atoms with Gasteiger partial charge in [0, 0.05) is 38.5 Å². The van der Waals surface area contributed by atoms with Crippen molar-refractivity contribution in [3.05, 3.63) is 71.8 Å². The Labute approximate surface area is 221 Å². The molecule has 2 aromatic carbocycles. The first-order valence-electron chi connectivity index (χ1n) is 14.1. The van der Waals surface area contributed by atoms with E-state index in [0.717, 1.165) is 43.2 Å². The SMILES string of the molecule is CCCCCC(Cl)OC(C(=O)OC1CC2CCC(C1)[N+]21CCCC1)(c1ccccc1)c1ccccc1. The molecular formula is C31H41ClNO3+. The van der Waals surface area contributed by atoms with E-state index in [1.165, 1.54) is 43.3 Å². The van der Waals surface area contributed by atoms with Crippen molar-refractivity contribution in [1.82, 2.24) is 0 Å². The van der Waals surface area contributed by atoms with Gasteiger partial charge in [-0.2, -0.15) is 0 Å². The smallest absolute Gasteiger partial charge is 0.348 e. The summed E-state index contributed by atoms with van der Waals surface area (Å²) in [7, 11) is 0. The van der Waals surface area contributed by atoms with E-state index in [0.29, 0.717) is 18.5 Å². The van der Waals surface area contributed by atoms with Crippen LogP contribution in [0.1, 0.15) is 82.3 Å². The van der Waals surface area contributed by atoms with Gasteiger partial charge in [0.15, 0.2) is 0 Å². The van der Waals surface area contributed by atoms with E-state index >= 15 is 0 Å². The normalized spacial score (nSPS) is 25.7. The number of quaternary nitrogens is 1. The lowest BCUT2D eigenvalue weighted by molar-refractivity contribution is -0.956. The lowest BCUT2D eigenvalue weighted by Gasteiger charge is -2.47. The van der Waals surface area contributed by atoms with E-state index in [4.69, 9.17) is 21.1 Å². The van der Waals surface area contributed by atoms with Crippen molar-refractivity contribution in [2.75, 3.05) is 13.1 Å². The van der Waals surface area contributed by atoms with Gasteiger partial charge in [0.25, 0.3) is 0 Å². The largest absolute Gasteiger partial charge is 0.459 e. The van der Waals surface area contributed by atoms with Gasteiger partial charge >= 0.3 is 5.97 Å². The van der Waals surface area contributed by atoms with Crippen molar-refractivity contribution in [3.8, 4) is 0 Å². The average Bonchev–Trinajstić information content (AvgIpc) is 3.45. The fourth-order valence-corrected chi connectivity index (χ4v) is 7.57. The first kappa shape index (κ1) is 25.8. The summed E-state index contributed by atoms with van der Waals surface area (Å²) in [4.78, 5) is 14.3. The highest BCUT2D eigenvalue weighted by Gasteiger charge is 2.57. The van der Waals surface area contributed by atoms with Crippen molar-refractivity contribution >= 4 is 17.6 Å². The number of carbonyl (C=O) groups is 1. The third kappa shape index (κ3) is 4.85. The summed E-state index contributed by atoms with van der Waals surface area (Å²) in [5.41, 5.74) is -0.448. The molecular weight excluding hydrogens is 470 g/mol. The van der Waals surface area contributed by atoms with Crippen LogP contribution in [0, 0.1) is 0 Å². The zero-order valence-electron chi connectivity index (χ0n) is 21.6. The summed E-state index contributed by atoms with van der Waals surface area (Å²) in [5.74, 6) is -0.333. The van der Waals surface area contributed by atoms with Crippen molar-refractivity contribution in [2.45, 2.75) is 100 Å². The summed E-state index contributed by atoms with van der Waals surface area (Å²) in [6, 6.07) is 20.8. The zero-order valence-corrected chi connectivity index (χ0v) is 22.4. The summed E-state index contributed by atoms with van der Waals surface area (Å²) < 4.78 is 14.3. The van der Waals surface area contributed by atoms with Crippen molar-refractivity contribution in [1.29, 1.82) is 0 Å². The molecule has 3 heterocycles. The van der Waals surface area contributed by atoms with Gasteiger partial charge in [0.05, 0.1) is 25.2 Å². The number of carbonyl (C=O) groups excluding carboxylic acids is 1. The highest BCUT2D eigenvalue weighted by Crippen LogP contribution is 2.47. The Balaban J connectivity index is 1.44. The van der Waals surface area contributed by atoms with Crippen LogP contribution in [0.3, 0.4) is 0 Å². The Hall–Kier alpha value is -1.88. The van der Waals surface area contributed by atoms with Crippen LogP contribution in [0.2, 0.25) is 0 Å². The van der Waals surface area contributed by atoms with Crippen LogP contribution in [0.25, 0.3) is 0 Å². The molecule has 36 heavy (non-hydrogen) atoms. The standard InChI is InChI=1S/C31H41ClNO3/c1-2-3-6-17-29(32)36-31(24-13-7-4-8-14-24,25-15-9-5-10-16-25)30(34)35-28-22-26-18-19-27(23-28)33(26)20-11-12-21-33/h4-5,7-10,13-16,26-29H,2-3,6,11-12,17-23H2,1H3/q+1. The lowest BCUT2D eigenvalue weighted by Crippen LogP contribution is -2.60. The van der Waals surface area contributed by atoms with Gasteiger partial charge in [-0.15, -0.1) is 0 Å². The van der Waals surface area contributed by atoms with Gasteiger partial charge in [-0.1, -0.05) is 92.0 Å². The van der Waals surface area contributed by atoms with Gasteiger partial charge in [0.2, 0.25) is 5.60 Å². The highest BCUT2D eigenvalue weighted by molar-refractivity contribution is 6.19. The topological polar surface area (TPSA) is 35.5 Å². The summed E-state index contributed by atoms with van der Waals surface area (Å²) in [6.07, 6.45) is 10.9. The molecule has 0 radical (unpaired) electrons. The molecule has 5 rings (SSSR count). The van der Waals surface area contributed by atoms with E-state index < -0.39 is 11.2 Å². The third-order valence-electron chi connectivity index (χ3n) is 9.02. The van der Waals surface area contributed by atoms with Crippen LogP contribution in [-0.4, -0.2) is 47.3 Å². The number of halogens is 1. The van der Waals surface area contributed by atoms with Gasteiger partial charge < -0.3 is 14.0 Å². The van der Waals surface area contributed by atoms with Gasteiger partial charge in [-0.3, -0.25) is 0 Å². The number of esters is 1. The number of alkyl halides is 1. The number of nitrogens with zero attached hydrogens (tertiary/aromatic N) is 1. The number of ether oxygens (including phenoxy) is 2. The van der Waals surface area contributed by atoms with E-state index in [1.54, 1.807) is 0 Å². The van der Waals surface area contributed by atoms with Gasteiger partial charge in [-0.25, -0.2) is 4.79 Å². The Bertz CT molecular complexity index is 936. The Morgan fingerprint density at radius 3 is 2.03 bits per heavy atom. The maximum absolute atomic E-state index is 14.3. The molecule has 3 atom stereocenters. The fourth-order valence-electron chi connectivity index (χ4n) is 7.28. The number of unbranched alkanes of at least 4 members (excludes halogenated alkanes) is 2. The minimum absolute atomic E-state index is 0.0661. The molecule has 5 heteroatoms. The van der Waals surface area contributed by atoms with E-state index in [9.17, 15) is 4.79 Å². The number of rotatable bonds is 10. The Morgan fingerprint density at radius 1 is 0.944 bits per heavy atom. The zero-order chi connectivity index (χ0) is 25.0. The quantitative estimate of drug-likeness (QED) is 0.150. The predicted octanol–water partition coefficient (Wildman–Crippen LogP) is 6.94. The average molecular weight is 511 g/mol. The van der Waals surface area contributed by atoms with Crippen molar-refractivity contribution in [2.24, 2.45) is 0 Å². The third-order valence-corrected chi connectivity index (χ3v) is 9.32. The maximum Gasteiger partial charge on any atom is 0.348 e. The second-order valence-corrected chi connectivity index (χ2v) is 11.6. The highest BCUT2D eigenvalue weighted by atomic mass is 35.5. The van der Waals surface area contributed by atoms with Crippen LogP contribution in [0.4, 0.5) is 0 Å². The number of piperidine rings is 1. The Kier molecular flexibility index (Phi) is 8.05. The second kappa shape index (κ2) is 11.2. The molecule has 3 unspecified atom stereocenters. The molecule has 0 N–H and O–H groups in total. The molecule has 0 saturated carbocycles. The van der Waals surface area contributed by atoms with Crippen LogP contribution in [0.5, 0.6) is 0 Å². The Morgan fingerprint density at radius 2 is 1.50 bits per heavy atom. The van der Waals surface area contributed by atoms with Crippen molar-refractivity contribution < 1.29 is 18.8 Å². The molecule has 0 aliphatic carbocycles. The molecule has 4 nitrogen and oxygen atoms in total. The van der Waals surface area contributed by atoms with Crippen LogP contribution in [-0.2, 0) is 19.9 Å².